The Morgan fingerprint density at radius 2 is 2.06 bits per heavy atom. The highest BCUT2D eigenvalue weighted by atomic mass is 16.5. The van der Waals surface area contributed by atoms with Crippen molar-refractivity contribution in [1.82, 2.24) is 10.2 Å². The average molecular weight is 229 g/mol. The first kappa shape index (κ1) is 11.5. The lowest BCUT2D eigenvalue weighted by Crippen LogP contribution is -2.13. The second kappa shape index (κ2) is 4.93. The van der Waals surface area contributed by atoms with E-state index in [1.54, 1.807) is 19.5 Å². The number of nitrogens with two attached hydrogens (primary N) is 1. The molecule has 0 amide bonds. The van der Waals surface area contributed by atoms with Crippen molar-refractivity contribution in [3.05, 3.63) is 53.3 Å². The van der Waals surface area contributed by atoms with Gasteiger partial charge in [-0.25, -0.2) is 0 Å². The Hall–Kier alpha value is -1.94. The third-order valence-corrected chi connectivity index (χ3v) is 2.69. The van der Waals surface area contributed by atoms with Crippen molar-refractivity contribution in [2.75, 3.05) is 7.11 Å². The zero-order valence-corrected chi connectivity index (χ0v) is 9.92. The first-order valence-electron chi connectivity index (χ1n) is 5.39. The largest absolute Gasteiger partial charge is 0.496 e. The summed E-state index contributed by atoms with van der Waals surface area (Å²) in [5.41, 5.74) is 9.24. The molecule has 1 aromatic heterocycles. The summed E-state index contributed by atoms with van der Waals surface area (Å²) < 4.78 is 5.33. The van der Waals surface area contributed by atoms with Crippen LogP contribution in [0.2, 0.25) is 0 Å². The summed E-state index contributed by atoms with van der Waals surface area (Å²) in [6, 6.07) is 7.57. The molecule has 0 radical (unpaired) electrons. The van der Waals surface area contributed by atoms with E-state index < -0.39 is 0 Å². The second-order valence-corrected chi connectivity index (χ2v) is 3.90. The van der Waals surface area contributed by atoms with Crippen molar-refractivity contribution < 1.29 is 4.74 Å². The minimum atomic E-state index is -0.250. The van der Waals surface area contributed by atoms with Crippen LogP contribution in [0.3, 0.4) is 0 Å². The van der Waals surface area contributed by atoms with Gasteiger partial charge in [0.1, 0.15) is 5.75 Å². The highest BCUT2D eigenvalue weighted by Crippen LogP contribution is 2.28. The lowest BCUT2D eigenvalue weighted by atomic mass is 9.99. The quantitative estimate of drug-likeness (QED) is 0.872. The second-order valence-electron chi connectivity index (χ2n) is 3.90. The van der Waals surface area contributed by atoms with Gasteiger partial charge in [0.25, 0.3) is 0 Å². The fourth-order valence-electron chi connectivity index (χ4n) is 1.76. The lowest BCUT2D eigenvalue weighted by Gasteiger charge is -2.16. The first-order valence-corrected chi connectivity index (χ1v) is 5.39. The first-order chi connectivity index (χ1) is 8.22. The maximum atomic E-state index is 6.21. The minimum Gasteiger partial charge on any atom is -0.496 e. The van der Waals surface area contributed by atoms with Crippen LogP contribution in [-0.2, 0) is 0 Å². The van der Waals surface area contributed by atoms with E-state index in [4.69, 9.17) is 10.5 Å². The Morgan fingerprint density at radius 3 is 2.71 bits per heavy atom. The molecular weight excluding hydrogens is 214 g/mol. The van der Waals surface area contributed by atoms with E-state index in [-0.39, 0.29) is 6.04 Å². The molecule has 1 unspecified atom stereocenters. The molecule has 0 bridgehead atoms. The summed E-state index contributed by atoms with van der Waals surface area (Å²) in [4.78, 5) is 0. The molecule has 2 N–H and O–H groups in total. The molecule has 0 fully saturated rings. The normalized spacial score (nSPS) is 12.2. The van der Waals surface area contributed by atoms with E-state index in [2.05, 4.69) is 10.2 Å². The van der Waals surface area contributed by atoms with Crippen LogP contribution < -0.4 is 10.5 Å². The topological polar surface area (TPSA) is 61.0 Å². The molecule has 17 heavy (non-hydrogen) atoms. The molecule has 4 heteroatoms. The van der Waals surface area contributed by atoms with Crippen LogP contribution in [0.25, 0.3) is 0 Å². The highest BCUT2D eigenvalue weighted by molar-refractivity contribution is 5.42. The molecule has 0 aliphatic carbocycles. The number of aryl methyl sites for hydroxylation is 1. The average Bonchev–Trinajstić information content (AvgIpc) is 2.39. The number of ether oxygens (including phenoxy) is 1. The van der Waals surface area contributed by atoms with E-state index >= 15 is 0 Å². The van der Waals surface area contributed by atoms with Gasteiger partial charge in [-0.3, -0.25) is 0 Å². The molecular formula is C13H15N3O. The van der Waals surface area contributed by atoms with Crippen molar-refractivity contribution in [1.29, 1.82) is 0 Å². The number of hydrogen-bond acceptors (Lipinski definition) is 4. The van der Waals surface area contributed by atoms with Crippen molar-refractivity contribution in [3.63, 3.8) is 0 Å². The summed E-state index contributed by atoms with van der Waals surface area (Å²) in [6.07, 6.45) is 3.31. The SMILES string of the molecule is COc1ccc(C)cc1C(N)c1ccnnc1. The Labute approximate surface area is 100 Å². The number of aromatic nitrogens is 2. The van der Waals surface area contributed by atoms with Crippen LogP contribution in [0, 0.1) is 6.92 Å². The molecule has 0 saturated heterocycles. The van der Waals surface area contributed by atoms with E-state index in [0.717, 1.165) is 22.4 Å². The van der Waals surface area contributed by atoms with Gasteiger partial charge in [-0.05, 0) is 24.6 Å². The smallest absolute Gasteiger partial charge is 0.123 e. The lowest BCUT2D eigenvalue weighted by molar-refractivity contribution is 0.407. The number of methoxy groups -OCH3 is 1. The summed E-state index contributed by atoms with van der Waals surface area (Å²) in [5, 5.41) is 7.58. The van der Waals surface area contributed by atoms with Gasteiger partial charge in [0.2, 0.25) is 0 Å². The molecule has 0 aliphatic heterocycles. The van der Waals surface area contributed by atoms with Gasteiger partial charge in [-0.1, -0.05) is 17.7 Å². The molecule has 4 nitrogen and oxygen atoms in total. The third-order valence-electron chi connectivity index (χ3n) is 2.69. The molecule has 0 spiro atoms. The predicted molar refractivity (Wildman–Crippen MR) is 65.8 cm³/mol. The fourth-order valence-corrected chi connectivity index (χ4v) is 1.76. The summed E-state index contributed by atoms with van der Waals surface area (Å²) >= 11 is 0. The maximum Gasteiger partial charge on any atom is 0.123 e. The standard InChI is InChI=1S/C13H15N3O/c1-9-3-4-12(17-2)11(7-9)13(14)10-5-6-15-16-8-10/h3-8,13H,14H2,1-2H3. The molecule has 2 rings (SSSR count). The fraction of sp³-hybridized carbons (Fsp3) is 0.231. The molecule has 0 aliphatic rings. The van der Waals surface area contributed by atoms with Gasteiger partial charge < -0.3 is 10.5 Å². The van der Waals surface area contributed by atoms with Crippen LogP contribution in [-0.4, -0.2) is 17.3 Å². The van der Waals surface area contributed by atoms with Gasteiger partial charge in [-0.15, -0.1) is 0 Å². The Morgan fingerprint density at radius 1 is 1.24 bits per heavy atom. The predicted octanol–water partition coefficient (Wildman–Crippen LogP) is 1.84. The van der Waals surface area contributed by atoms with E-state index in [1.165, 1.54) is 0 Å². The molecule has 88 valence electrons. The number of nitrogens with zero attached hydrogens (tertiary/aromatic N) is 2. The Balaban J connectivity index is 2.43. The van der Waals surface area contributed by atoms with Crippen molar-refractivity contribution in [2.24, 2.45) is 5.73 Å². The van der Waals surface area contributed by atoms with Crippen LogP contribution >= 0.6 is 0 Å². The molecule has 1 heterocycles. The Bertz CT molecular complexity index is 499. The van der Waals surface area contributed by atoms with E-state index in [1.807, 2.05) is 31.2 Å². The maximum absolute atomic E-state index is 6.21. The third kappa shape index (κ3) is 2.42. The monoisotopic (exact) mass is 229 g/mol. The number of hydrogen-bond donors (Lipinski definition) is 1. The zero-order valence-electron chi connectivity index (χ0n) is 9.92. The molecule has 0 saturated carbocycles. The number of benzene rings is 1. The number of rotatable bonds is 3. The molecule has 1 aromatic carbocycles. The van der Waals surface area contributed by atoms with Crippen molar-refractivity contribution in [3.8, 4) is 5.75 Å². The van der Waals surface area contributed by atoms with Crippen LogP contribution in [0.15, 0.2) is 36.7 Å². The van der Waals surface area contributed by atoms with E-state index in [9.17, 15) is 0 Å². The van der Waals surface area contributed by atoms with Crippen LogP contribution in [0.5, 0.6) is 5.75 Å². The van der Waals surface area contributed by atoms with Gasteiger partial charge in [0.15, 0.2) is 0 Å². The van der Waals surface area contributed by atoms with Gasteiger partial charge >= 0.3 is 0 Å². The summed E-state index contributed by atoms with van der Waals surface area (Å²) in [6.45, 7) is 2.03. The Kier molecular flexibility index (Phi) is 3.35. The molecule has 2 aromatic rings. The summed E-state index contributed by atoms with van der Waals surface area (Å²) in [7, 11) is 1.64. The zero-order chi connectivity index (χ0) is 12.3. The van der Waals surface area contributed by atoms with Gasteiger partial charge in [0.05, 0.1) is 19.3 Å². The van der Waals surface area contributed by atoms with E-state index in [0.29, 0.717) is 0 Å². The minimum absolute atomic E-state index is 0.250. The van der Waals surface area contributed by atoms with Crippen molar-refractivity contribution >= 4 is 0 Å². The molecule has 1 atom stereocenters. The summed E-state index contributed by atoms with van der Waals surface area (Å²) in [5.74, 6) is 0.792. The van der Waals surface area contributed by atoms with Gasteiger partial charge in [-0.2, -0.15) is 10.2 Å². The highest BCUT2D eigenvalue weighted by Gasteiger charge is 2.14. The van der Waals surface area contributed by atoms with Crippen LogP contribution in [0.1, 0.15) is 22.7 Å². The van der Waals surface area contributed by atoms with Crippen molar-refractivity contribution in [2.45, 2.75) is 13.0 Å². The van der Waals surface area contributed by atoms with Gasteiger partial charge in [0, 0.05) is 11.8 Å². The van der Waals surface area contributed by atoms with Crippen LogP contribution in [0.4, 0.5) is 0 Å².